The maximum atomic E-state index is 12.0. The van der Waals surface area contributed by atoms with E-state index in [1.54, 1.807) is 0 Å². The van der Waals surface area contributed by atoms with E-state index in [2.05, 4.69) is 5.32 Å². The molecule has 1 N–H and O–H groups in total. The maximum absolute atomic E-state index is 12.0. The first kappa shape index (κ1) is 10.9. The van der Waals surface area contributed by atoms with Crippen LogP contribution in [0.15, 0.2) is 24.3 Å². The van der Waals surface area contributed by atoms with E-state index in [4.69, 9.17) is 11.6 Å². The Morgan fingerprint density at radius 1 is 1.29 bits per heavy atom. The van der Waals surface area contributed by atoms with E-state index in [-0.39, 0.29) is 6.03 Å². The van der Waals surface area contributed by atoms with Crippen molar-refractivity contribution < 1.29 is 4.79 Å². The second-order valence-electron chi connectivity index (χ2n) is 4.76. The molecule has 1 saturated heterocycles. The number of carbonyl (C=O) groups is 1. The van der Waals surface area contributed by atoms with Crippen molar-refractivity contribution in [1.82, 2.24) is 5.32 Å². The Kier molecular flexibility index (Phi) is 2.71. The largest absolute Gasteiger partial charge is 0.333 e. The van der Waals surface area contributed by atoms with E-state index < -0.39 is 0 Å². The van der Waals surface area contributed by atoms with Gasteiger partial charge in [0.2, 0.25) is 0 Å². The van der Waals surface area contributed by atoms with Crippen LogP contribution in [-0.4, -0.2) is 18.1 Å². The first-order chi connectivity index (χ1) is 8.25. The summed E-state index contributed by atoms with van der Waals surface area (Å²) in [6, 6.07) is 8.16. The summed E-state index contributed by atoms with van der Waals surface area (Å²) >= 11 is 5.99. The number of nitrogens with one attached hydrogen (secondary N) is 1. The van der Waals surface area contributed by atoms with Gasteiger partial charge in [-0.2, -0.15) is 0 Å². The number of benzene rings is 1. The molecular weight excluding hydrogens is 236 g/mol. The molecule has 2 fully saturated rings. The van der Waals surface area contributed by atoms with Gasteiger partial charge in [0.05, 0.1) is 12.1 Å². The van der Waals surface area contributed by atoms with Crippen LogP contribution in [0, 0.1) is 0 Å². The smallest absolute Gasteiger partial charge is 0.322 e. The third kappa shape index (κ3) is 1.89. The number of rotatable bonds is 1. The summed E-state index contributed by atoms with van der Waals surface area (Å²) in [5.41, 5.74) is 0.907. The molecule has 0 bridgehead atoms. The van der Waals surface area contributed by atoms with Crippen LogP contribution in [0.25, 0.3) is 0 Å². The molecule has 17 heavy (non-hydrogen) atoms. The fourth-order valence-electron chi connectivity index (χ4n) is 2.90. The van der Waals surface area contributed by atoms with E-state index in [0.29, 0.717) is 17.1 Å². The Morgan fingerprint density at radius 2 is 2.12 bits per heavy atom. The minimum Gasteiger partial charge on any atom is -0.333 e. The van der Waals surface area contributed by atoms with Crippen molar-refractivity contribution in [3.8, 4) is 0 Å². The van der Waals surface area contributed by atoms with Crippen LogP contribution in [0.5, 0.6) is 0 Å². The highest BCUT2D eigenvalue weighted by Crippen LogP contribution is 2.32. The predicted octanol–water partition coefficient (Wildman–Crippen LogP) is 3.18. The van der Waals surface area contributed by atoms with Gasteiger partial charge in [0.25, 0.3) is 0 Å². The fourth-order valence-corrected chi connectivity index (χ4v) is 3.09. The van der Waals surface area contributed by atoms with Crippen LogP contribution in [0.2, 0.25) is 5.02 Å². The molecule has 1 aromatic carbocycles. The van der Waals surface area contributed by atoms with E-state index in [9.17, 15) is 4.79 Å². The maximum Gasteiger partial charge on any atom is 0.322 e. The lowest BCUT2D eigenvalue weighted by Gasteiger charge is -2.29. The molecule has 1 saturated carbocycles. The summed E-state index contributed by atoms with van der Waals surface area (Å²) in [6.45, 7) is 0. The molecule has 0 aromatic heterocycles. The standard InChI is InChI=1S/C13H15ClN2O/c14-9-4-3-5-10(8-9)16-12-7-2-1-6-11(12)15-13(16)17/h3-5,8,11-12H,1-2,6-7H2,(H,15,17). The molecule has 2 amide bonds. The zero-order valence-electron chi connectivity index (χ0n) is 9.53. The van der Waals surface area contributed by atoms with Crippen LogP contribution in [-0.2, 0) is 0 Å². The summed E-state index contributed by atoms with van der Waals surface area (Å²) in [7, 11) is 0. The Hall–Kier alpha value is -1.22. The van der Waals surface area contributed by atoms with Gasteiger partial charge in [-0.05, 0) is 31.0 Å². The molecule has 1 aromatic rings. The Bertz CT molecular complexity index is 449. The van der Waals surface area contributed by atoms with Gasteiger partial charge in [0, 0.05) is 10.7 Å². The lowest BCUT2D eigenvalue weighted by Crippen LogP contribution is -2.39. The number of hydrogen-bond donors (Lipinski definition) is 1. The number of amides is 2. The number of anilines is 1. The highest BCUT2D eigenvalue weighted by Gasteiger charge is 2.41. The van der Waals surface area contributed by atoms with Gasteiger partial charge in [-0.1, -0.05) is 30.5 Å². The number of halogens is 1. The van der Waals surface area contributed by atoms with Gasteiger partial charge in [0.15, 0.2) is 0 Å². The third-order valence-electron chi connectivity index (χ3n) is 3.68. The lowest BCUT2D eigenvalue weighted by atomic mass is 9.91. The Labute approximate surface area is 106 Å². The summed E-state index contributed by atoms with van der Waals surface area (Å²) in [5, 5.41) is 3.74. The minimum atomic E-state index is 0.0177. The second kappa shape index (κ2) is 4.22. The quantitative estimate of drug-likeness (QED) is 0.816. The SMILES string of the molecule is O=C1NC2CCCCC2N1c1cccc(Cl)c1. The van der Waals surface area contributed by atoms with E-state index >= 15 is 0 Å². The van der Waals surface area contributed by atoms with Crippen molar-refractivity contribution in [3.05, 3.63) is 29.3 Å². The van der Waals surface area contributed by atoms with Crippen molar-refractivity contribution >= 4 is 23.3 Å². The topological polar surface area (TPSA) is 32.3 Å². The molecule has 2 unspecified atom stereocenters. The second-order valence-corrected chi connectivity index (χ2v) is 5.19. The van der Waals surface area contributed by atoms with Crippen LogP contribution >= 0.6 is 11.6 Å². The van der Waals surface area contributed by atoms with Gasteiger partial charge in [-0.15, -0.1) is 0 Å². The summed E-state index contributed by atoms with van der Waals surface area (Å²) in [6.07, 6.45) is 4.58. The number of fused-ring (bicyclic) bond motifs is 1. The number of nitrogens with zero attached hydrogens (tertiary/aromatic N) is 1. The minimum absolute atomic E-state index is 0.0177. The molecular formula is C13H15ClN2O. The van der Waals surface area contributed by atoms with E-state index in [1.807, 2.05) is 29.2 Å². The van der Waals surface area contributed by atoms with E-state index in [1.165, 1.54) is 12.8 Å². The molecule has 1 aliphatic heterocycles. The van der Waals surface area contributed by atoms with Gasteiger partial charge in [-0.25, -0.2) is 4.79 Å². The molecule has 0 spiro atoms. The van der Waals surface area contributed by atoms with Gasteiger partial charge in [0.1, 0.15) is 0 Å². The van der Waals surface area contributed by atoms with Crippen molar-refractivity contribution in [2.75, 3.05) is 4.90 Å². The Morgan fingerprint density at radius 3 is 2.94 bits per heavy atom. The molecule has 2 atom stereocenters. The van der Waals surface area contributed by atoms with Gasteiger partial charge < -0.3 is 5.32 Å². The summed E-state index contributed by atoms with van der Waals surface area (Å²) < 4.78 is 0. The third-order valence-corrected chi connectivity index (χ3v) is 3.91. The molecule has 3 nitrogen and oxygen atoms in total. The molecule has 4 heteroatoms. The zero-order valence-corrected chi connectivity index (χ0v) is 10.3. The highest BCUT2D eigenvalue weighted by atomic mass is 35.5. The monoisotopic (exact) mass is 250 g/mol. The summed E-state index contributed by atoms with van der Waals surface area (Å²) in [5.74, 6) is 0. The van der Waals surface area contributed by atoms with Crippen LogP contribution in [0.3, 0.4) is 0 Å². The highest BCUT2D eigenvalue weighted by molar-refractivity contribution is 6.30. The van der Waals surface area contributed by atoms with Gasteiger partial charge >= 0.3 is 6.03 Å². The Balaban J connectivity index is 1.93. The molecule has 3 rings (SSSR count). The van der Waals surface area contributed by atoms with E-state index in [0.717, 1.165) is 18.5 Å². The first-order valence-corrected chi connectivity index (χ1v) is 6.49. The van der Waals surface area contributed by atoms with Crippen LogP contribution in [0.4, 0.5) is 10.5 Å². The van der Waals surface area contributed by atoms with Crippen LogP contribution < -0.4 is 10.2 Å². The van der Waals surface area contributed by atoms with Crippen molar-refractivity contribution in [2.24, 2.45) is 0 Å². The van der Waals surface area contributed by atoms with Crippen molar-refractivity contribution in [1.29, 1.82) is 0 Å². The lowest BCUT2D eigenvalue weighted by molar-refractivity contribution is 0.250. The zero-order chi connectivity index (χ0) is 11.8. The van der Waals surface area contributed by atoms with Crippen LogP contribution in [0.1, 0.15) is 25.7 Å². The van der Waals surface area contributed by atoms with Crippen molar-refractivity contribution in [2.45, 2.75) is 37.8 Å². The number of carbonyl (C=O) groups excluding carboxylic acids is 1. The molecule has 90 valence electrons. The van der Waals surface area contributed by atoms with Crippen molar-refractivity contribution in [3.63, 3.8) is 0 Å². The average molecular weight is 251 g/mol. The molecule has 2 aliphatic rings. The number of urea groups is 1. The molecule has 1 heterocycles. The number of hydrogen-bond acceptors (Lipinski definition) is 1. The molecule has 1 aliphatic carbocycles. The first-order valence-electron chi connectivity index (χ1n) is 6.11. The average Bonchev–Trinajstić information content (AvgIpc) is 2.64. The molecule has 0 radical (unpaired) electrons. The predicted molar refractivity (Wildman–Crippen MR) is 68.5 cm³/mol. The normalized spacial score (nSPS) is 27.8. The fraction of sp³-hybridized carbons (Fsp3) is 0.462. The van der Waals surface area contributed by atoms with Gasteiger partial charge in [-0.3, -0.25) is 4.90 Å². The summed E-state index contributed by atoms with van der Waals surface area (Å²) in [4.78, 5) is 13.9.